The van der Waals surface area contributed by atoms with Gasteiger partial charge in [-0.2, -0.15) is 0 Å². The lowest BCUT2D eigenvalue weighted by Crippen LogP contribution is -2.30. The molecule has 0 N–H and O–H groups in total. The molecule has 1 saturated heterocycles. The minimum absolute atomic E-state index is 0.137. The number of carbonyl (C=O) groups is 2. The number of carbonyl (C=O) groups excluding carboxylic acids is 2. The van der Waals surface area contributed by atoms with E-state index < -0.39 is 17.7 Å². The molecule has 0 unspecified atom stereocenters. The second-order valence-electron chi connectivity index (χ2n) is 5.87. The first-order valence-electron chi connectivity index (χ1n) is 7.65. The molecular weight excluding hydrogens is 369 g/mol. The maximum Gasteiger partial charge on any atom is 0.377 e. The summed E-state index contributed by atoms with van der Waals surface area (Å²) in [5.74, 6) is -2.39. The van der Waals surface area contributed by atoms with Crippen LogP contribution in [0.1, 0.15) is 25.8 Å². The number of halogens is 2. The topological polar surface area (TPSA) is 65.1 Å². The highest BCUT2D eigenvalue weighted by atomic mass is 35.5. The molecule has 1 aliphatic heterocycles. The molecule has 1 aromatic carbocycles. The molecule has 0 radical (unpaired) electrons. The van der Waals surface area contributed by atoms with Gasteiger partial charge in [-0.05, 0) is 30.5 Å². The summed E-state index contributed by atoms with van der Waals surface area (Å²) in [6.07, 6.45) is 2.39. The van der Waals surface area contributed by atoms with Gasteiger partial charge in [0.05, 0.1) is 23.2 Å². The smallest absolute Gasteiger partial charge is 0.377 e. The first-order valence-corrected chi connectivity index (χ1v) is 8.41. The van der Waals surface area contributed by atoms with E-state index in [1.165, 1.54) is 7.11 Å². The Morgan fingerprint density at radius 1 is 1.28 bits per heavy atom. The van der Waals surface area contributed by atoms with Crippen LogP contribution in [0.25, 0.3) is 0 Å². The molecule has 1 amide bonds. The molecular formula is C17H19Cl2NO5. The van der Waals surface area contributed by atoms with E-state index in [4.69, 9.17) is 37.5 Å². The quantitative estimate of drug-likeness (QED) is 0.424. The lowest BCUT2D eigenvalue weighted by molar-refractivity contribution is -0.170. The van der Waals surface area contributed by atoms with Crippen LogP contribution in [-0.2, 0) is 30.3 Å². The fourth-order valence-electron chi connectivity index (χ4n) is 2.29. The van der Waals surface area contributed by atoms with Gasteiger partial charge in [0.25, 0.3) is 5.91 Å². The molecule has 6 nitrogen and oxygen atoms in total. The fourth-order valence-corrected chi connectivity index (χ4v) is 2.61. The Labute approximate surface area is 156 Å². The van der Waals surface area contributed by atoms with Crippen LogP contribution in [0.5, 0.6) is 0 Å². The third kappa shape index (κ3) is 5.36. The first-order chi connectivity index (χ1) is 11.7. The number of amides is 1. The highest BCUT2D eigenvalue weighted by Gasteiger charge is 2.38. The van der Waals surface area contributed by atoms with Gasteiger partial charge in [0.15, 0.2) is 0 Å². The highest BCUT2D eigenvalue weighted by Crippen LogP contribution is 2.26. The van der Waals surface area contributed by atoms with E-state index >= 15 is 0 Å². The summed E-state index contributed by atoms with van der Waals surface area (Å²) in [6.45, 7) is 3.50. The summed E-state index contributed by atoms with van der Waals surface area (Å²) >= 11 is 11.9. The van der Waals surface area contributed by atoms with E-state index in [9.17, 15) is 9.59 Å². The zero-order valence-electron chi connectivity index (χ0n) is 14.2. The van der Waals surface area contributed by atoms with Crippen LogP contribution in [0, 0.1) is 0 Å². The van der Waals surface area contributed by atoms with Gasteiger partial charge >= 0.3 is 5.97 Å². The Morgan fingerprint density at radius 3 is 2.56 bits per heavy atom. The van der Waals surface area contributed by atoms with Crippen LogP contribution < -0.4 is 0 Å². The monoisotopic (exact) mass is 387 g/mol. The number of aryl methyl sites for hydroxylation is 1. The van der Waals surface area contributed by atoms with Crippen LogP contribution in [0.3, 0.4) is 0 Å². The second-order valence-corrected chi connectivity index (χ2v) is 6.69. The molecule has 1 aliphatic rings. The zero-order valence-corrected chi connectivity index (χ0v) is 15.7. The largest absolute Gasteiger partial charge is 0.445 e. The number of benzene rings is 1. The predicted octanol–water partition coefficient (Wildman–Crippen LogP) is 3.51. The van der Waals surface area contributed by atoms with Crippen LogP contribution >= 0.6 is 23.2 Å². The first kappa shape index (κ1) is 19.6. The minimum Gasteiger partial charge on any atom is -0.445 e. The molecule has 136 valence electrons. The number of nitrogens with zero attached hydrogens (tertiary/aromatic N) is 1. The number of hydrogen-bond acceptors (Lipinski definition) is 5. The number of cyclic esters (lactones) is 1. The van der Waals surface area contributed by atoms with Crippen LogP contribution in [0.2, 0.25) is 10.0 Å². The summed E-state index contributed by atoms with van der Waals surface area (Å²) in [6, 6.07) is 5.39. The Hall–Kier alpha value is -1.76. The van der Waals surface area contributed by atoms with Crippen molar-refractivity contribution in [3.05, 3.63) is 45.6 Å². The SMILES string of the molecule is CON(CCCc1ccc(Cl)c(Cl)c1)C(=O)/C=C1\OC(C)(C)OC1=O. The Morgan fingerprint density at radius 2 is 2.00 bits per heavy atom. The van der Waals surface area contributed by atoms with E-state index in [1.54, 1.807) is 26.0 Å². The maximum absolute atomic E-state index is 12.2. The van der Waals surface area contributed by atoms with E-state index in [2.05, 4.69) is 0 Å². The molecule has 2 rings (SSSR count). The van der Waals surface area contributed by atoms with Gasteiger partial charge in [-0.1, -0.05) is 29.3 Å². The molecule has 0 aliphatic carbocycles. The van der Waals surface area contributed by atoms with E-state index in [1.807, 2.05) is 6.07 Å². The third-order valence-corrected chi connectivity index (χ3v) is 4.17. The lowest BCUT2D eigenvalue weighted by Gasteiger charge is -2.18. The minimum atomic E-state index is -1.07. The van der Waals surface area contributed by atoms with Gasteiger partial charge < -0.3 is 9.47 Å². The number of ether oxygens (including phenoxy) is 2. The van der Waals surface area contributed by atoms with Gasteiger partial charge in [0, 0.05) is 20.4 Å². The van der Waals surface area contributed by atoms with Crippen molar-refractivity contribution in [1.82, 2.24) is 5.06 Å². The second kappa shape index (κ2) is 8.08. The van der Waals surface area contributed by atoms with Crippen molar-refractivity contribution in [2.75, 3.05) is 13.7 Å². The number of hydroxylamine groups is 2. The molecule has 0 atom stereocenters. The number of rotatable bonds is 6. The van der Waals surface area contributed by atoms with Gasteiger partial charge in [-0.15, -0.1) is 0 Å². The summed E-state index contributed by atoms with van der Waals surface area (Å²) < 4.78 is 10.3. The average Bonchev–Trinajstić information content (AvgIpc) is 2.79. The van der Waals surface area contributed by atoms with Gasteiger partial charge in [-0.3, -0.25) is 9.63 Å². The Balaban J connectivity index is 1.92. The van der Waals surface area contributed by atoms with Crippen molar-refractivity contribution in [3.8, 4) is 0 Å². The molecule has 0 aromatic heterocycles. The lowest BCUT2D eigenvalue weighted by atomic mass is 10.1. The van der Waals surface area contributed by atoms with Crippen LogP contribution in [0.15, 0.2) is 30.0 Å². The average molecular weight is 388 g/mol. The maximum atomic E-state index is 12.2. The molecule has 8 heteroatoms. The number of esters is 1. The van der Waals surface area contributed by atoms with E-state index in [-0.39, 0.29) is 5.76 Å². The summed E-state index contributed by atoms with van der Waals surface area (Å²) in [4.78, 5) is 28.9. The van der Waals surface area contributed by atoms with Crippen molar-refractivity contribution in [3.63, 3.8) is 0 Å². The van der Waals surface area contributed by atoms with Crippen LogP contribution in [0.4, 0.5) is 0 Å². The number of hydrogen-bond donors (Lipinski definition) is 0. The Kier molecular flexibility index (Phi) is 6.32. The predicted molar refractivity (Wildman–Crippen MR) is 92.8 cm³/mol. The van der Waals surface area contributed by atoms with Crippen molar-refractivity contribution in [1.29, 1.82) is 0 Å². The Bertz CT molecular complexity index is 702. The normalized spacial score (nSPS) is 17.3. The molecule has 0 saturated carbocycles. The summed E-state index contributed by atoms with van der Waals surface area (Å²) in [7, 11) is 1.38. The van der Waals surface area contributed by atoms with E-state index in [0.717, 1.165) is 16.7 Å². The summed E-state index contributed by atoms with van der Waals surface area (Å²) in [5, 5.41) is 2.13. The molecule has 0 spiro atoms. The van der Waals surface area contributed by atoms with Crippen molar-refractivity contribution < 1.29 is 23.9 Å². The van der Waals surface area contributed by atoms with Gasteiger partial charge in [0.2, 0.25) is 11.5 Å². The van der Waals surface area contributed by atoms with Crippen LogP contribution in [-0.4, -0.2) is 36.4 Å². The summed E-state index contributed by atoms with van der Waals surface area (Å²) in [5.41, 5.74) is 1.00. The third-order valence-electron chi connectivity index (χ3n) is 3.43. The molecule has 0 bridgehead atoms. The molecule has 25 heavy (non-hydrogen) atoms. The van der Waals surface area contributed by atoms with Crippen molar-refractivity contribution >= 4 is 35.1 Å². The van der Waals surface area contributed by atoms with Crippen molar-refractivity contribution in [2.24, 2.45) is 0 Å². The standard InChI is InChI=1S/C17H19Cl2NO5/c1-17(2)24-14(16(22)25-17)10-15(21)20(23-3)8-4-5-11-6-7-12(18)13(19)9-11/h6-7,9-10H,4-5,8H2,1-3H3/b14-10-. The molecule has 1 heterocycles. The van der Waals surface area contributed by atoms with Gasteiger partial charge in [-0.25, -0.2) is 9.86 Å². The molecule has 1 fully saturated rings. The molecule has 1 aromatic rings. The zero-order chi connectivity index (χ0) is 18.6. The van der Waals surface area contributed by atoms with Gasteiger partial charge in [0.1, 0.15) is 0 Å². The van der Waals surface area contributed by atoms with E-state index in [0.29, 0.717) is 29.4 Å². The van der Waals surface area contributed by atoms with Crippen molar-refractivity contribution in [2.45, 2.75) is 32.5 Å². The fraction of sp³-hybridized carbons (Fsp3) is 0.412. The highest BCUT2D eigenvalue weighted by molar-refractivity contribution is 6.42.